The van der Waals surface area contributed by atoms with Crippen molar-refractivity contribution in [3.05, 3.63) is 70.8 Å². The van der Waals surface area contributed by atoms with E-state index < -0.39 is 35.6 Å². The highest BCUT2D eigenvalue weighted by molar-refractivity contribution is 5.80. The van der Waals surface area contributed by atoms with Gasteiger partial charge in [0.15, 0.2) is 5.96 Å². The van der Waals surface area contributed by atoms with Gasteiger partial charge < -0.3 is 15.0 Å². The molecule has 4 nitrogen and oxygen atoms in total. The zero-order chi connectivity index (χ0) is 22.2. The van der Waals surface area contributed by atoms with Gasteiger partial charge in [-0.2, -0.15) is 26.3 Å². The Morgan fingerprint density at radius 2 is 1.57 bits per heavy atom. The number of halogens is 6. The molecular weight excluding hydrogens is 412 g/mol. The number of nitrogens with one attached hydrogen (secondary N) is 2. The second-order valence-electron chi connectivity index (χ2n) is 7.18. The lowest BCUT2D eigenvalue weighted by Gasteiger charge is -2.29. The van der Waals surface area contributed by atoms with Gasteiger partial charge in [-0.05, 0) is 29.3 Å². The molecule has 0 radical (unpaired) electrons. The molecule has 0 aromatic heterocycles. The summed E-state index contributed by atoms with van der Waals surface area (Å²) in [5, 5.41) is 11.0. The Hall–Kier alpha value is -2.75. The van der Waals surface area contributed by atoms with E-state index in [4.69, 9.17) is 10.1 Å². The topological polar surface area (TPSA) is 48.4 Å². The summed E-state index contributed by atoms with van der Waals surface area (Å²) in [5.41, 5.74) is -3.05. The molecule has 0 bridgehead atoms. The minimum atomic E-state index is -4.91. The van der Waals surface area contributed by atoms with Crippen LogP contribution in [-0.2, 0) is 29.2 Å². The molecule has 0 unspecified atom stereocenters. The maximum atomic E-state index is 13.0. The number of benzene rings is 2. The SMILES string of the molecule is CN1C[C@@](COCc2cc(C(F)(F)F)cc(C(F)(F)F)c2)(c2ccccc2)NC1=N. The van der Waals surface area contributed by atoms with Gasteiger partial charge in [0.25, 0.3) is 0 Å². The fourth-order valence-electron chi connectivity index (χ4n) is 3.38. The average molecular weight is 431 g/mol. The van der Waals surface area contributed by atoms with E-state index in [-0.39, 0.29) is 24.2 Å². The van der Waals surface area contributed by atoms with Crippen molar-refractivity contribution in [3.63, 3.8) is 0 Å². The molecule has 10 heteroatoms. The van der Waals surface area contributed by atoms with Crippen molar-refractivity contribution in [1.29, 1.82) is 5.41 Å². The van der Waals surface area contributed by atoms with Gasteiger partial charge in [0.05, 0.1) is 30.9 Å². The lowest BCUT2D eigenvalue weighted by Crippen LogP contribution is -2.44. The fourth-order valence-corrected chi connectivity index (χ4v) is 3.38. The van der Waals surface area contributed by atoms with Gasteiger partial charge >= 0.3 is 12.4 Å². The summed E-state index contributed by atoms with van der Waals surface area (Å²) in [7, 11) is 1.70. The van der Waals surface area contributed by atoms with Crippen LogP contribution in [0.15, 0.2) is 48.5 Å². The first-order valence-corrected chi connectivity index (χ1v) is 8.90. The Bertz CT molecular complexity index is 881. The molecule has 0 amide bonds. The molecule has 1 fully saturated rings. The predicted octanol–water partition coefficient (Wildman–Crippen LogP) is 4.61. The van der Waals surface area contributed by atoms with Crippen molar-refractivity contribution < 1.29 is 31.1 Å². The summed E-state index contributed by atoms with van der Waals surface area (Å²) in [5.74, 6) is 0.140. The number of hydrogen-bond acceptors (Lipinski definition) is 2. The van der Waals surface area contributed by atoms with E-state index in [1.807, 2.05) is 18.2 Å². The van der Waals surface area contributed by atoms with Crippen molar-refractivity contribution in [1.82, 2.24) is 10.2 Å². The van der Waals surface area contributed by atoms with Crippen LogP contribution in [0.4, 0.5) is 26.3 Å². The minimum absolute atomic E-state index is 0.0542. The highest BCUT2D eigenvalue weighted by atomic mass is 19.4. The number of likely N-dealkylation sites (N-methyl/N-ethyl adjacent to an activating group) is 1. The van der Waals surface area contributed by atoms with E-state index in [0.29, 0.717) is 18.7 Å². The lowest BCUT2D eigenvalue weighted by molar-refractivity contribution is -0.143. The standard InChI is InChI=1S/C20H19F6N3O/c1-29-11-18(28-17(29)27,14-5-3-2-4-6-14)12-30-10-13-7-15(19(21,22)23)9-16(8-13)20(24,25)26/h2-9H,10-12H2,1H3,(H2,27,28)/t18-/m1/s1. The number of alkyl halides is 6. The van der Waals surface area contributed by atoms with Crippen molar-refractivity contribution >= 4 is 5.96 Å². The number of rotatable bonds is 5. The smallest absolute Gasteiger partial charge is 0.374 e. The third-order valence-electron chi connectivity index (χ3n) is 4.84. The Balaban J connectivity index is 1.83. The fraction of sp³-hybridized carbons (Fsp3) is 0.350. The summed E-state index contributed by atoms with van der Waals surface area (Å²) < 4.78 is 83.7. The molecule has 0 aliphatic carbocycles. The normalized spacial score (nSPS) is 19.8. The zero-order valence-corrected chi connectivity index (χ0v) is 15.9. The number of hydrogen-bond donors (Lipinski definition) is 2. The van der Waals surface area contributed by atoms with Crippen LogP contribution >= 0.6 is 0 Å². The van der Waals surface area contributed by atoms with Gasteiger partial charge in [-0.25, -0.2) is 0 Å². The van der Waals surface area contributed by atoms with Crippen molar-refractivity contribution in [2.24, 2.45) is 0 Å². The van der Waals surface area contributed by atoms with Crippen molar-refractivity contribution in [3.8, 4) is 0 Å². The number of guanidine groups is 1. The minimum Gasteiger partial charge on any atom is -0.374 e. The second-order valence-corrected chi connectivity index (χ2v) is 7.18. The Labute approximate surface area is 169 Å². The highest BCUT2D eigenvalue weighted by Gasteiger charge is 2.41. The Kier molecular flexibility index (Phi) is 5.72. The summed E-state index contributed by atoms with van der Waals surface area (Å²) in [4.78, 5) is 1.64. The lowest BCUT2D eigenvalue weighted by atomic mass is 9.91. The first kappa shape index (κ1) is 21.9. The molecule has 1 saturated heterocycles. The van der Waals surface area contributed by atoms with Gasteiger partial charge in [-0.1, -0.05) is 30.3 Å². The molecule has 0 spiro atoms. The third kappa shape index (κ3) is 4.69. The molecule has 30 heavy (non-hydrogen) atoms. The molecule has 2 aromatic rings. The van der Waals surface area contributed by atoms with Crippen LogP contribution < -0.4 is 5.32 Å². The van der Waals surface area contributed by atoms with Crippen LogP contribution in [0.2, 0.25) is 0 Å². The summed E-state index contributed by atoms with van der Waals surface area (Å²) >= 11 is 0. The van der Waals surface area contributed by atoms with Crippen molar-refractivity contribution in [2.45, 2.75) is 24.5 Å². The number of nitrogens with zero attached hydrogens (tertiary/aromatic N) is 1. The van der Waals surface area contributed by atoms with Crippen molar-refractivity contribution in [2.75, 3.05) is 20.2 Å². The van der Waals surface area contributed by atoms with E-state index in [2.05, 4.69) is 5.32 Å². The third-order valence-corrected chi connectivity index (χ3v) is 4.84. The van der Waals surface area contributed by atoms with Crippen LogP contribution in [0.1, 0.15) is 22.3 Å². The Morgan fingerprint density at radius 3 is 2.03 bits per heavy atom. The molecule has 1 atom stereocenters. The van der Waals surface area contributed by atoms with Crippen LogP contribution in [0.25, 0.3) is 0 Å². The molecule has 3 rings (SSSR count). The maximum absolute atomic E-state index is 13.0. The zero-order valence-electron chi connectivity index (χ0n) is 15.9. The average Bonchev–Trinajstić information content (AvgIpc) is 2.96. The molecule has 1 aliphatic heterocycles. The van der Waals surface area contributed by atoms with E-state index in [0.717, 1.165) is 5.56 Å². The van der Waals surface area contributed by atoms with E-state index >= 15 is 0 Å². The van der Waals surface area contributed by atoms with Gasteiger partial charge in [-0.15, -0.1) is 0 Å². The van der Waals surface area contributed by atoms with Crippen LogP contribution in [0.3, 0.4) is 0 Å². The van der Waals surface area contributed by atoms with Crippen LogP contribution in [0.5, 0.6) is 0 Å². The predicted molar refractivity (Wildman–Crippen MR) is 97.7 cm³/mol. The monoisotopic (exact) mass is 431 g/mol. The Morgan fingerprint density at radius 1 is 1.00 bits per heavy atom. The maximum Gasteiger partial charge on any atom is 0.416 e. The molecule has 2 aromatic carbocycles. The summed E-state index contributed by atoms with van der Waals surface area (Å²) in [6.07, 6.45) is -9.82. The first-order valence-electron chi connectivity index (χ1n) is 8.90. The summed E-state index contributed by atoms with van der Waals surface area (Å²) in [6.45, 7) is -0.145. The molecular formula is C20H19F6N3O. The molecule has 2 N–H and O–H groups in total. The van der Waals surface area contributed by atoms with Gasteiger partial charge in [0.1, 0.15) is 5.54 Å². The summed E-state index contributed by atoms with van der Waals surface area (Å²) in [6, 6.07) is 10.4. The first-order chi connectivity index (χ1) is 13.9. The molecule has 1 heterocycles. The van der Waals surface area contributed by atoms with E-state index in [1.165, 1.54) is 0 Å². The van der Waals surface area contributed by atoms with Gasteiger partial charge in [-0.3, -0.25) is 5.41 Å². The largest absolute Gasteiger partial charge is 0.416 e. The van der Waals surface area contributed by atoms with Crippen LogP contribution in [-0.4, -0.2) is 31.1 Å². The highest BCUT2D eigenvalue weighted by Crippen LogP contribution is 2.36. The molecule has 0 saturated carbocycles. The van der Waals surface area contributed by atoms with Gasteiger partial charge in [0, 0.05) is 7.05 Å². The quantitative estimate of drug-likeness (QED) is 0.680. The van der Waals surface area contributed by atoms with E-state index in [9.17, 15) is 26.3 Å². The second kappa shape index (κ2) is 7.82. The molecule has 162 valence electrons. The van der Waals surface area contributed by atoms with E-state index in [1.54, 1.807) is 24.1 Å². The van der Waals surface area contributed by atoms with Gasteiger partial charge in [0.2, 0.25) is 0 Å². The van der Waals surface area contributed by atoms with Crippen LogP contribution in [0, 0.1) is 5.41 Å². The number of ether oxygens (including phenoxy) is 1. The molecule has 1 aliphatic rings.